The fourth-order valence-electron chi connectivity index (χ4n) is 1.05. The predicted octanol–water partition coefficient (Wildman–Crippen LogP) is 3.36. The zero-order valence-electron chi connectivity index (χ0n) is 8.26. The SMILES string of the molecule is CCC(C)Nc1ccc(Br)nc1C. The lowest BCUT2D eigenvalue weighted by molar-refractivity contribution is 0.761. The third-order valence-electron chi connectivity index (χ3n) is 2.07. The molecule has 2 nitrogen and oxygen atoms in total. The van der Waals surface area contributed by atoms with Crippen molar-refractivity contribution in [3.05, 3.63) is 22.4 Å². The van der Waals surface area contributed by atoms with E-state index in [-0.39, 0.29) is 0 Å². The van der Waals surface area contributed by atoms with E-state index in [1.54, 1.807) is 0 Å². The lowest BCUT2D eigenvalue weighted by atomic mass is 10.2. The second kappa shape index (κ2) is 4.61. The van der Waals surface area contributed by atoms with Crippen LogP contribution < -0.4 is 5.32 Å². The molecule has 0 amide bonds. The lowest BCUT2D eigenvalue weighted by Crippen LogP contribution is -2.14. The minimum Gasteiger partial charge on any atom is -0.381 e. The summed E-state index contributed by atoms with van der Waals surface area (Å²) in [7, 11) is 0. The maximum absolute atomic E-state index is 4.32. The Hall–Kier alpha value is -0.570. The third-order valence-corrected chi connectivity index (χ3v) is 2.51. The number of hydrogen-bond acceptors (Lipinski definition) is 2. The largest absolute Gasteiger partial charge is 0.381 e. The van der Waals surface area contributed by atoms with Crippen LogP contribution in [0.25, 0.3) is 0 Å². The summed E-state index contributed by atoms with van der Waals surface area (Å²) < 4.78 is 0.889. The van der Waals surface area contributed by atoms with Gasteiger partial charge in [0.15, 0.2) is 0 Å². The molecule has 1 rings (SSSR count). The number of rotatable bonds is 3. The monoisotopic (exact) mass is 242 g/mol. The molecule has 1 aromatic heterocycles. The van der Waals surface area contributed by atoms with E-state index in [1.807, 2.05) is 13.0 Å². The Morgan fingerprint density at radius 3 is 2.77 bits per heavy atom. The molecule has 0 saturated heterocycles. The van der Waals surface area contributed by atoms with Crippen LogP contribution in [-0.4, -0.2) is 11.0 Å². The van der Waals surface area contributed by atoms with Gasteiger partial charge in [0.05, 0.1) is 11.4 Å². The van der Waals surface area contributed by atoms with E-state index < -0.39 is 0 Å². The first-order chi connectivity index (χ1) is 6.13. The standard InChI is InChI=1S/C10H15BrN2/c1-4-7(2)12-9-5-6-10(11)13-8(9)3/h5-7,12H,4H2,1-3H3. The smallest absolute Gasteiger partial charge is 0.106 e. The molecule has 72 valence electrons. The second-order valence-corrected chi connectivity index (χ2v) is 4.03. The summed E-state index contributed by atoms with van der Waals surface area (Å²) in [6.07, 6.45) is 1.12. The summed E-state index contributed by atoms with van der Waals surface area (Å²) >= 11 is 3.34. The van der Waals surface area contributed by atoms with Crippen LogP contribution in [0.15, 0.2) is 16.7 Å². The van der Waals surface area contributed by atoms with E-state index in [0.29, 0.717) is 6.04 Å². The van der Waals surface area contributed by atoms with Gasteiger partial charge in [0.25, 0.3) is 0 Å². The van der Waals surface area contributed by atoms with Crippen LogP contribution in [0.1, 0.15) is 26.0 Å². The van der Waals surface area contributed by atoms with E-state index in [1.165, 1.54) is 0 Å². The Morgan fingerprint density at radius 1 is 1.54 bits per heavy atom. The molecule has 0 fully saturated rings. The van der Waals surface area contributed by atoms with Gasteiger partial charge >= 0.3 is 0 Å². The van der Waals surface area contributed by atoms with E-state index in [2.05, 4.69) is 46.1 Å². The van der Waals surface area contributed by atoms with Crippen LogP contribution in [0.4, 0.5) is 5.69 Å². The average Bonchev–Trinajstić information content (AvgIpc) is 2.09. The Balaban J connectivity index is 2.77. The fraction of sp³-hybridized carbons (Fsp3) is 0.500. The first-order valence-corrected chi connectivity index (χ1v) is 5.32. The van der Waals surface area contributed by atoms with Gasteiger partial charge in [-0.3, -0.25) is 0 Å². The van der Waals surface area contributed by atoms with Gasteiger partial charge < -0.3 is 5.32 Å². The predicted molar refractivity (Wildman–Crippen MR) is 60.0 cm³/mol. The first-order valence-electron chi connectivity index (χ1n) is 4.53. The number of halogens is 1. The van der Waals surface area contributed by atoms with Gasteiger partial charge in [-0.25, -0.2) is 4.98 Å². The summed E-state index contributed by atoms with van der Waals surface area (Å²) in [5.41, 5.74) is 2.16. The van der Waals surface area contributed by atoms with Gasteiger partial charge in [-0.05, 0) is 48.3 Å². The molecule has 0 aliphatic heterocycles. The molecule has 1 atom stereocenters. The van der Waals surface area contributed by atoms with Crippen molar-refractivity contribution < 1.29 is 0 Å². The molecule has 0 aliphatic carbocycles. The number of nitrogens with zero attached hydrogens (tertiary/aromatic N) is 1. The Labute approximate surface area is 87.9 Å². The van der Waals surface area contributed by atoms with Crippen molar-refractivity contribution in [2.45, 2.75) is 33.2 Å². The van der Waals surface area contributed by atoms with Crippen molar-refractivity contribution in [1.29, 1.82) is 0 Å². The molecule has 0 spiro atoms. The highest BCUT2D eigenvalue weighted by atomic mass is 79.9. The fourth-order valence-corrected chi connectivity index (χ4v) is 1.45. The molecular formula is C10H15BrN2. The molecule has 0 aromatic carbocycles. The molecule has 1 unspecified atom stereocenters. The van der Waals surface area contributed by atoms with Crippen molar-refractivity contribution in [1.82, 2.24) is 4.98 Å². The maximum atomic E-state index is 4.32. The van der Waals surface area contributed by atoms with Crippen molar-refractivity contribution in [3.8, 4) is 0 Å². The molecule has 13 heavy (non-hydrogen) atoms. The second-order valence-electron chi connectivity index (χ2n) is 3.22. The lowest BCUT2D eigenvalue weighted by Gasteiger charge is -2.14. The van der Waals surface area contributed by atoms with Gasteiger partial charge in [-0.1, -0.05) is 6.92 Å². The Morgan fingerprint density at radius 2 is 2.23 bits per heavy atom. The summed E-state index contributed by atoms with van der Waals surface area (Å²) in [4.78, 5) is 4.32. The summed E-state index contributed by atoms with van der Waals surface area (Å²) in [6, 6.07) is 4.51. The van der Waals surface area contributed by atoms with Crippen LogP contribution in [0.2, 0.25) is 0 Å². The number of anilines is 1. The van der Waals surface area contributed by atoms with Crippen LogP contribution in [-0.2, 0) is 0 Å². The molecule has 3 heteroatoms. The van der Waals surface area contributed by atoms with Crippen molar-refractivity contribution >= 4 is 21.6 Å². The van der Waals surface area contributed by atoms with E-state index in [9.17, 15) is 0 Å². The molecule has 1 aromatic rings. The first kappa shape index (κ1) is 10.5. The Bertz CT molecular complexity index is 286. The van der Waals surface area contributed by atoms with E-state index >= 15 is 0 Å². The summed E-state index contributed by atoms with van der Waals surface area (Å²) in [5, 5.41) is 3.40. The molecule has 1 heterocycles. The molecule has 0 bridgehead atoms. The third kappa shape index (κ3) is 2.99. The van der Waals surface area contributed by atoms with Crippen molar-refractivity contribution in [2.75, 3.05) is 5.32 Å². The van der Waals surface area contributed by atoms with Crippen LogP contribution >= 0.6 is 15.9 Å². The number of aryl methyl sites for hydroxylation is 1. The number of aromatic nitrogens is 1. The highest BCUT2D eigenvalue weighted by Gasteiger charge is 2.02. The van der Waals surface area contributed by atoms with Crippen LogP contribution in [0.5, 0.6) is 0 Å². The van der Waals surface area contributed by atoms with Gasteiger partial charge in [0.1, 0.15) is 4.60 Å². The van der Waals surface area contributed by atoms with Gasteiger partial charge in [0, 0.05) is 6.04 Å². The Kier molecular flexibility index (Phi) is 3.72. The maximum Gasteiger partial charge on any atom is 0.106 e. The average molecular weight is 243 g/mol. The van der Waals surface area contributed by atoms with Crippen LogP contribution in [0, 0.1) is 6.92 Å². The molecular weight excluding hydrogens is 228 g/mol. The summed E-state index contributed by atoms with van der Waals surface area (Å²) in [5.74, 6) is 0. The zero-order valence-corrected chi connectivity index (χ0v) is 9.85. The molecule has 0 aliphatic rings. The van der Waals surface area contributed by atoms with Gasteiger partial charge in [-0.15, -0.1) is 0 Å². The highest BCUT2D eigenvalue weighted by molar-refractivity contribution is 9.10. The molecule has 1 N–H and O–H groups in total. The van der Waals surface area contributed by atoms with Gasteiger partial charge in [-0.2, -0.15) is 0 Å². The minimum atomic E-state index is 0.502. The minimum absolute atomic E-state index is 0.502. The van der Waals surface area contributed by atoms with Crippen LogP contribution in [0.3, 0.4) is 0 Å². The van der Waals surface area contributed by atoms with Gasteiger partial charge in [0.2, 0.25) is 0 Å². The zero-order chi connectivity index (χ0) is 9.84. The van der Waals surface area contributed by atoms with Crippen molar-refractivity contribution in [2.24, 2.45) is 0 Å². The normalized spacial score (nSPS) is 12.6. The molecule has 0 saturated carbocycles. The summed E-state index contributed by atoms with van der Waals surface area (Å²) in [6.45, 7) is 6.34. The highest BCUT2D eigenvalue weighted by Crippen LogP contribution is 2.17. The quantitative estimate of drug-likeness (QED) is 0.823. The van der Waals surface area contributed by atoms with E-state index in [0.717, 1.165) is 22.4 Å². The molecule has 0 radical (unpaired) electrons. The van der Waals surface area contributed by atoms with Crippen molar-refractivity contribution in [3.63, 3.8) is 0 Å². The van der Waals surface area contributed by atoms with E-state index in [4.69, 9.17) is 0 Å². The number of nitrogens with one attached hydrogen (secondary N) is 1. The topological polar surface area (TPSA) is 24.9 Å². The number of hydrogen-bond donors (Lipinski definition) is 1. The number of pyridine rings is 1.